The van der Waals surface area contributed by atoms with Crippen LogP contribution in [0.5, 0.6) is 0 Å². The van der Waals surface area contributed by atoms with Crippen molar-refractivity contribution in [1.29, 1.82) is 0 Å². The Balaban J connectivity index is 1.90. The van der Waals surface area contributed by atoms with Crippen molar-refractivity contribution in [3.05, 3.63) is 57.2 Å². The van der Waals surface area contributed by atoms with Gasteiger partial charge in [0.05, 0.1) is 5.39 Å². The summed E-state index contributed by atoms with van der Waals surface area (Å²) in [4.78, 5) is 23.6. The molecule has 1 aliphatic rings. The summed E-state index contributed by atoms with van der Waals surface area (Å²) in [6, 6.07) is 5.92. The van der Waals surface area contributed by atoms with Crippen LogP contribution in [0, 0.1) is 0 Å². The van der Waals surface area contributed by atoms with Gasteiger partial charge in [-0.1, -0.05) is 13.0 Å². The first-order valence-corrected chi connectivity index (χ1v) is 8.22. The Bertz CT molecular complexity index is 938. The topological polar surface area (TPSA) is 47.8 Å². The summed E-state index contributed by atoms with van der Waals surface area (Å²) in [5, 5.41) is 0.758. The summed E-state index contributed by atoms with van der Waals surface area (Å²) in [7, 11) is 0. The van der Waals surface area contributed by atoms with Gasteiger partial charge in [0.1, 0.15) is 10.7 Å². The summed E-state index contributed by atoms with van der Waals surface area (Å²) in [6.45, 7) is 2.81. The van der Waals surface area contributed by atoms with Crippen LogP contribution in [0.15, 0.2) is 35.4 Å². The van der Waals surface area contributed by atoms with Gasteiger partial charge in [-0.2, -0.15) is 0 Å². The number of allylic oxidation sites excluding steroid dienone is 1. The lowest BCUT2D eigenvalue weighted by molar-refractivity contribution is 0.726. The molecule has 22 heavy (non-hydrogen) atoms. The molecule has 0 N–H and O–H groups in total. The number of nitrogens with zero attached hydrogens (tertiary/aromatic N) is 3. The fourth-order valence-corrected chi connectivity index (χ4v) is 3.79. The average molecular weight is 309 g/mol. The molecule has 3 aromatic rings. The van der Waals surface area contributed by atoms with Crippen LogP contribution in [-0.4, -0.2) is 14.5 Å². The Morgan fingerprint density at radius 3 is 3.14 bits per heavy atom. The second-order valence-corrected chi connectivity index (χ2v) is 6.50. The summed E-state index contributed by atoms with van der Waals surface area (Å²) in [5.74, 6) is 0.811. The predicted octanol–water partition coefficient (Wildman–Crippen LogP) is 3.36. The summed E-state index contributed by atoms with van der Waals surface area (Å²) >= 11 is 1.62. The molecule has 0 atom stereocenters. The Morgan fingerprint density at radius 2 is 2.36 bits per heavy atom. The van der Waals surface area contributed by atoms with Crippen LogP contribution in [-0.2, 0) is 13.0 Å². The molecular weight excluding hydrogens is 294 g/mol. The molecule has 0 amide bonds. The number of rotatable bonds is 2. The molecule has 5 heteroatoms. The van der Waals surface area contributed by atoms with Gasteiger partial charge in [0.15, 0.2) is 0 Å². The molecule has 110 valence electrons. The molecule has 3 aromatic heterocycles. The van der Waals surface area contributed by atoms with Gasteiger partial charge in [0, 0.05) is 23.8 Å². The van der Waals surface area contributed by atoms with Gasteiger partial charge in [-0.15, -0.1) is 11.3 Å². The SMILES string of the molecule is CCc1cc2c(=O)n3c(nc2s1)/C(=C/c1cccnc1)CC3. The average Bonchev–Trinajstić information content (AvgIpc) is 3.14. The van der Waals surface area contributed by atoms with Gasteiger partial charge < -0.3 is 0 Å². The largest absolute Gasteiger partial charge is 0.292 e. The Morgan fingerprint density at radius 1 is 1.45 bits per heavy atom. The van der Waals surface area contributed by atoms with Crippen molar-refractivity contribution >= 4 is 33.2 Å². The number of hydrogen-bond acceptors (Lipinski definition) is 4. The molecule has 0 saturated carbocycles. The van der Waals surface area contributed by atoms with Gasteiger partial charge in [0.25, 0.3) is 5.56 Å². The molecule has 0 fully saturated rings. The van der Waals surface area contributed by atoms with Crippen molar-refractivity contribution < 1.29 is 0 Å². The van der Waals surface area contributed by atoms with E-state index < -0.39 is 0 Å². The van der Waals surface area contributed by atoms with E-state index in [0.29, 0.717) is 6.54 Å². The van der Waals surface area contributed by atoms with Crippen molar-refractivity contribution in [2.24, 2.45) is 0 Å². The van der Waals surface area contributed by atoms with Gasteiger partial charge in [-0.25, -0.2) is 4.98 Å². The van der Waals surface area contributed by atoms with Crippen LogP contribution < -0.4 is 5.56 Å². The van der Waals surface area contributed by atoms with E-state index in [2.05, 4.69) is 18.0 Å². The van der Waals surface area contributed by atoms with Crippen LogP contribution >= 0.6 is 11.3 Å². The van der Waals surface area contributed by atoms with Gasteiger partial charge >= 0.3 is 0 Å². The molecule has 4 rings (SSSR count). The Kier molecular flexibility index (Phi) is 3.15. The lowest BCUT2D eigenvalue weighted by Crippen LogP contribution is -2.19. The Hall–Kier alpha value is -2.27. The van der Waals surface area contributed by atoms with E-state index in [1.165, 1.54) is 4.88 Å². The standard InChI is InChI=1S/C17H15N3OS/c1-2-13-9-14-16(22-13)19-15-12(5-7-20(15)17(14)21)8-11-4-3-6-18-10-11/h3-4,6,8-10H,2,5,7H2,1H3/b12-8+. The molecule has 4 heterocycles. The van der Waals surface area contributed by atoms with Gasteiger partial charge in [-0.3, -0.25) is 14.3 Å². The minimum Gasteiger partial charge on any atom is -0.292 e. The first-order chi connectivity index (χ1) is 10.8. The third-order valence-corrected chi connectivity index (χ3v) is 5.14. The molecule has 0 spiro atoms. The van der Waals surface area contributed by atoms with Crippen LogP contribution in [0.25, 0.3) is 21.9 Å². The van der Waals surface area contributed by atoms with E-state index in [1.807, 2.05) is 24.4 Å². The van der Waals surface area contributed by atoms with Gasteiger partial charge in [-0.05, 0) is 42.2 Å². The van der Waals surface area contributed by atoms with Crippen LogP contribution in [0.2, 0.25) is 0 Å². The van der Waals surface area contributed by atoms with E-state index in [4.69, 9.17) is 4.98 Å². The fraction of sp³-hybridized carbons (Fsp3) is 0.235. The van der Waals surface area contributed by atoms with E-state index >= 15 is 0 Å². The van der Waals surface area contributed by atoms with Crippen molar-refractivity contribution in [2.75, 3.05) is 0 Å². The van der Waals surface area contributed by atoms with Crippen LogP contribution in [0.4, 0.5) is 0 Å². The fourth-order valence-electron chi connectivity index (χ4n) is 2.84. The minimum absolute atomic E-state index is 0.0885. The van der Waals surface area contributed by atoms with E-state index in [1.54, 1.807) is 22.1 Å². The molecule has 0 aromatic carbocycles. The maximum Gasteiger partial charge on any atom is 0.262 e. The van der Waals surface area contributed by atoms with Crippen LogP contribution in [0.1, 0.15) is 29.6 Å². The highest BCUT2D eigenvalue weighted by Crippen LogP contribution is 2.29. The zero-order valence-corrected chi connectivity index (χ0v) is 13.1. The molecule has 0 saturated heterocycles. The summed E-state index contributed by atoms with van der Waals surface area (Å²) < 4.78 is 1.80. The molecule has 0 radical (unpaired) electrons. The van der Waals surface area contributed by atoms with E-state index in [0.717, 1.165) is 40.0 Å². The number of aromatic nitrogens is 3. The van der Waals surface area contributed by atoms with Crippen molar-refractivity contribution in [3.8, 4) is 0 Å². The number of aryl methyl sites for hydroxylation is 1. The van der Waals surface area contributed by atoms with E-state index in [-0.39, 0.29) is 5.56 Å². The lowest BCUT2D eigenvalue weighted by Gasteiger charge is -2.02. The molecule has 0 bridgehead atoms. The van der Waals surface area contributed by atoms with E-state index in [9.17, 15) is 4.79 Å². The monoisotopic (exact) mass is 309 g/mol. The normalized spacial score (nSPS) is 15.6. The Labute approximate surface area is 131 Å². The maximum atomic E-state index is 12.6. The highest BCUT2D eigenvalue weighted by molar-refractivity contribution is 7.18. The first kappa shape index (κ1) is 13.4. The van der Waals surface area contributed by atoms with Gasteiger partial charge in [0.2, 0.25) is 0 Å². The molecule has 0 unspecified atom stereocenters. The predicted molar refractivity (Wildman–Crippen MR) is 90.0 cm³/mol. The molecule has 4 nitrogen and oxygen atoms in total. The van der Waals surface area contributed by atoms with Crippen LogP contribution in [0.3, 0.4) is 0 Å². The second-order valence-electron chi connectivity index (χ2n) is 5.38. The highest BCUT2D eigenvalue weighted by atomic mass is 32.1. The van der Waals surface area contributed by atoms with Crippen molar-refractivity contribution in [1.82, 2.24) is 14.5 Å². The summed E-state index contributed by atoms with van der Waals surface area (Å²) in [5.41, 5.74) is 2.24. The van der Waals surface area contributed by atoms with Crippen molar-refractivity contribution in [2.45, 2.75) is 26.3 Å². The third kappa shape index (κ3) is 2.09. The lowest BCUT2D eigenvalue weighted by atomic mass is 10.1. The molecule has 1 aliphatic heterocycles. The zero-order valence-electron chi connectivity index (χ0n) is 12.2. The zero-order chi connectivity index (χ0) is 15.1. The van der Waals surface area contributed by atoms with Crippen molar-refractivity contribution in [3.63, 3.8) is 0 Å². The first-order valence-electron chi connectivity index (χ1n) is 7.40. The smallest absolute Gasteiger partial charge is 0.262 e. The number of pyridine rings is 1. The minimum atomic E-state index is 0.0885. The second kappa shape index (κ2) is 5.18. The maximum absolute atomic E-state index is 12.6. The number of hydrogen-bond donors (Lipinski definition) is 0. The number of thiophene rings is 1. The summed E-state index contributed by atoms with van der Waals surface area (Å²) in [6.07, 6.45) is 7.45. The third-order valence-electron chi connectivity index (χ3n) is 3.97. The molecular formula is C17H15N3OS. The number of fused-ring (bicyclic) bond motifs is 2. The molecule has 0 aliphatic carbocycles. The quantitative estimate of drug-likeness (QED) is 0.729. The highest BCUT2D eigenvalue weighted by Gasteiger charge is 2.21.